The number of aromatic nitrogens is 2. The average Bonchev–Trinajstić information content (AvgIpc) is 3.35. The van der Waals surface area contributed by atoms with Gasteiger partial charge >= 0.3 is 0 Å². The summed E-state index contributed by atoms with van der Waals surface area (Å²) < 4.78 is 7.88. The SMILES string of the molecule is COc1ccc(C2SCCN2C(=O)c2cc(-c3ccccc3)nn2C)cc1Br. The fourth-order valence-electron chi connectivity index (χ4n) is 3.35. The average molecular weight is 458 g/mol. The van der Waals surface area contributed by atoms with E-state index in [1.54, 1.807) is 23.6 Å². The Morgan fingerprint density at radius 1 is 1.21 bits per heavy atom. The largest absolute Gasteiger partial charge is 0.496 e. The molecule has 0 saturated carbocycles. The van der Waals surface area contributed by atoms with Gasteiger partial charge in [-0.2, -0.15) is 5.10 Å². The molecule has 2 aromatic carbocycles. The number of carbonyl (C=O) groups is 1. The lowest BCUT2D eigenvalue weighted by Gasteiger charge is -2.24. The van der Waals surface area contributed by atoms with E-state index < -0.39 is 0 Å². The number of hydrogen-bond donors (Lipinski definition) is 0. The third-order valence-electron chi connectivity index (χ3n) is 4.78. The van der Waals surface area contributed by atoms with Crippen molar-refractivity contribution in [3.8, 4) is 17.0 Å². The van der Waals surface area contributed by atoms with Gasteiger partial charge < -0.3 is 9.64 Å². The predicted octanol–water partition coefficient (Wildman–Crippen LogP) is 4.75. The Balaban J connectivity index is 1.62. The molecule has 0 bridgehead atoms. The molecule has 1 amide bonds. The van der Waals surface area contributed by atoms with Crippen LogP contribution in [-0.2, 0) is 7.05 Å². The molecule has 0 radical (unpaired) electrons. The molecule has 0 aliphatic carbocycles. The van der Waals surface area contributed by atoms with E-state index in [-0.39, 0.29) is 11.3 Å². The molecule has 7 heteroatoms. The molecule has 5 nitrogen and oxygen atoms in total. The normalized spacial score (nSPS) is 16.4. The number of hydrogen-bond acceptors (Lipinski definition) is 4. The highest BCUT2D eigenvalue weighted by molar-refractivity contribution is 9.10. The second-order valence-corrected chi connectivity index (χ2v) is 8.56. The van der Waals surface area contributed by atoms with Crippen molar-refractivity contribution in [2.75, 3.05) is 19.4 Å². The summed E-state index contributed by atoms with van der Waals surface area (Å²) in [4.78, 5) is 15.2. The first-order valence-electron chi connectivity index (χ1n) is 8.94. The Bertz CT molecular complexity index is 1010. The van der Waals surface area contributed by atoms with Crippen molar-refractivity contribution >= 4 is 33.6 Å². The number of halogens is 1. The third-order valence-corrected chi connectivity index (χ3v) is 6.66. The maximum atomic E-state index is 13.3. The highest BCUT2D eigenvalue weighted by Gasteiger charge is 2.33. The number of ether oxygens (including phenoxy) is 1. The molecule has 1 fully saturated rings. The van der Waals surface area contributed by atoms with Gasteiger partial charge in [-0.15, -0.1) is 11.8 Å². The summed E-state index contributed by atoms with van der Waals surface area (Å²) in [6, 6.07) is 17.8. The summed E-state index contributed by atoms with van der Waals surface area (Å²) in [5.41, 5.74) is 3.48. The highest BCUT2D eigenvalue weighted by Crippen LogP contribution is 2.41. The number of thioether (sulfide) groups is 1. The molecule has 2 heterocycles. The summed E-state index contributed by atoms with van der Waals surface area (Å²) in [5.74, 6) is 1.69. The molecule has 28 heavy (non-hydrogen) atoms. The smallest absolute Gasteiger partial charge is 0.273 e. The predicted molar refractivity (Wildman–Crippen MR) is 116 cm³/mol. The van der Waals surface area contributed by atoms with E-state index in [4.69, 9.17) is 4.74 Å². The zero-order valence-electron chi connectivity index (χ0n) is 15.6. The van der Waals surface area contributed by atoms with Crippen LogP contribution in [0.25, 0.3) is 11.3 Å². The standard InChI is InChI=1S/C21H20BrN3O2S/c1-24-18(13-17(23-24)14-6-4-3-5-7-14)20(26)25-10-11-28-21(25)15-8-9-19(27-2)16(22)12-15/h3-9,12-13,21H,10-11H2,1-2H3. The Labute approximate surface area is 176 Å². The van der Waals surface area contributed by atoms with E-state index in [1.165, 1.54) is 0 Å². The van der Waals surface area contributed by atoms with Crippen molar-refractivity contribution in [1.29, 1.82) is 0 Å². The summed E-state index contributed by atoms with van der Waals surface area (Å²) >= 11 is 5.32. The van der Waals surface area contributed by atoms with Crippen LogP contribution in [0.15, 0.2) is 59.1 Å². The maximum absolute atomic E-state index is 13.3. The molecular formula is C21H20BrN3O2S. The Hall–Kier alpha value is -2.25. The van der Waals surface area contributed by atoms with E-state index in [2.05, 4.69) is 21.0 Å². The van der Waals surface area contributed by atoms with Gasteiger partial charge in [0.1, 0.15) is 16.8 Å². The minimum Gasteiger partial charge on any atom is -0.496 e. The van der Waals surface area contributed by atoms with Gasteiger partial charge in [0.05, 0.1) is 17.3 Å². The Morgan fingerprint density at radius 2 is 2.00 bits per heavy atom. The van der Waals surface area contributed by atoms with Crippen molar-refractivity contribution in [2.24, 2.45) is 7.05 Å². The van der Waals surface area contributed by atoms with Crippen LogP contribution in [0.5, 0.6) is 5.75 Å². The highest BCUT2D eigenvalue weighted by atomic mass is 79.9. The van der Waals surface area contributed by atoms with Gasteiger partial charge in [0.25, 0.3) is 5.91 Å². The van der Waals surface area contributed by atoms with Crippen LogP contribution in [-0.4, -0.2) is 40.0 Å². The van der Waals surface area contributed by atoms with Crippen LogP contribution in [0.2, 0.25) is 0 Å². The fourth-order valence-corrected chi connectivity index (χ4v) is 5.16. The summed E-state index contributed by atoms with van der Waals surface area (Å²) in [5, 5.41) is 4.52. The van der Waals surface area contributed by atoms with E-state index in [1.807, 2.05) is 66.5 Å². The first-order chi connectivity index (χ1) is 13.6. The van der Waals surface area contributed by atoms with Crippen molar-refractivity contribution in [2.45, 2.75) is 5.37 Å². The second-order valence-electron chi connectivity index (χ2n) is 6.52. The number of nitrogens with zero attached hydrogens (tertiary/aromatic N) is 3. The molecule has 1 atom stereocenters. The van der Waals surface area contributed by atoms with Crippen molar-refractivity contribution in [3.63, 3.8) is 0 Å². The minimum atomic E-state index is -0.0234. The lowest BCUT2D eigenvalue weighted by atomic mass is 10.1. The van der Waals surface area contributed by atoms with Gasteiger partial charge in [-0.3, -0.25) is 9.48 Å². The molecule has 1 aliphatic rings. The lowest BCUT2D eigenvalue weighted by Crippen LogP contribution is -2.31. The van der Waals surface area contributed by atoms with Gasteiger partial charge in [0.15, 0.2) is 0 Å². The van der Waals surface area contributed by atoms with Crippen LogP contribution in [0.1, 0.15) is 21.4 Å². The van der Waals surface area contributed by atoms with Crippen LogP contribution >= 0.6 is 27.7 Å². The molecular weight excluding hydrogens is 438 g/mol. The molecule has 0 N–H and O–H groups in total. The van der Waals surface area contributed by atoms with Crippen molar-refractivity contribution in [3.05, 3.63) is 70.3 Å². The quantitative estimate of drug-likeness (QED) is 0.567. The van der Waals surface area contributed by atoms with Crippen LogP contribution in [0.3, 0.4) is 0 Å². The van der Waals surface area contributed by atoms with Gasteiger partial charge in [0, 0.05) is 24.9 Å². The van der Waals surface area contributed by atoms with Gasteiger partial charge in [0.2, 0.25) is 0 Å². The summed E-state index contributed by atoms with van der Waals surface area (Å²) in [7, 11) is 3.47. The molecule has 1 saturated heterocycles. The maximum Gasteiger partial charge on any atom is 0.273 e. The zero-order valence-corrected chi connectivity index (χ0v) is 18.0. The lowest BCUT2D eigenvalue weighted by molar-refractivity contribution is 0.0749. The molecule has 1 unspecified atom stereocenters. The van der Waals surface area contributed by atoms with Crippen molar-refractivity contribution in [1.82, 2.24) is 14.7 Å². The number of methoxy groups -OCH3 is 1. The third kappa shape index (κ3) is 3.56. The minimum absolute atomic E-state index is 0.000813. The molecule has 3 aromatic rings. The van der Waals surface area contributed by atoms with Gasteiger partial charge in [-0.1, -0.05) is 36.4 Å². The fraction of sp³-hybridized carbons (Fsp3) is 0.238. The zero-order chi connectivity index (χ0) is 19.7. The molecule has 1 aromatic heterocycles. The van der Waals surface area contributed by atoms with Gasteiger partial charge in [-0.05, 0) is 39.7 Å². The first-order valence-corrected chi connectivity index (χ1v) is 10.8. The molecule has 0 spiro atoms. The number of aryl methyl sites for hydroxylation is 1. The topological polar surface area (TPSA) is 47.4 Å². The first kappa shape index (κ1) is 19.1. The van der Waals surface area contributed by atoms with Crippen LogP contribution < -0.4 is 4.74 Å². The van der Waals surface area contributed by atoms with E-state index in [0.29, 0.717) is 12.2 Å². The van der Waals surface area contributed by atoms with Crippen molar-refractivity contribution < 1.29 is 9.53 Å². The summed E-state index contributed by atoms with van der Waals surface area (Å²) in [6.07, 6.45) is 0. The number of rotatable bonds is 4. The molecule has 4 rings (SSSR count). The monoisotopic (exact) mass is 457 g/mol. The van der Waals surface area contributed by atoms with E-state index in [0.717, 1.165) is 32.8 Å². The summed E-state index contributed by atoms with van der Waals surface area (Å²) in [6.45, 7) is 0.712. The Kier molecular flexibility index (Phi) is 5.46. The molecule has 1 aliphatic heterocycles. The second kappa shape index (κ2) is 8.01. The number of benzene rings is 2. The van der Waals surface area contributed by atoms with Gasteiger partial charge in [-0.25, -0.2) is 0 Å². The van der Waals surface area contributed by atoms with Crippen LogP contribution in [0.4, 0.5) is 0 Å². The van der Waals surface area contributed by atoms with E-state index in [9.17, 15) is 4.79 Å². The number of amides is 1. The Morgan fingerprint density at radius 3 is 2.71 bits per heavy atom. The number of carbonyl (C=O) groups excluding carboxylic acids is 1. The van der Waals surface area contributed by atoms with Crippen LogP contribution in [0, 0.1) is 0 Å². The molecule has 144 valence electrons. The van der Waals surface area contributed by atoms with E-state index >= 15 is 0 Å².